The van der Waals surface area contributed by atoms with Crippen LogP contribution in [-0.2, 0) is 0 Å². The molecular weight excluding hydrogens is 150 g/mol. The number of aliphatic hydroxyl groups is 1. The lowest BCUT2D eigenvalue weighted by molar-refractivity contribution is -0.133. The van der Waals surface area contributed by atoms with Crippen molar-refractivity contribution in [1.29, 1.82) is 0 Å². The highest BCUT2D eigenvalue weighted by Crippen LogP contribution is 2.56. The van der Waals surface area contributed by atoms with Gasteiger partial charge in [-0.15, -0.1) is 0 Å². The minimum atomic E-state index is -0.362. The summed E-state index contributed by atoms with van der Waals surface area (Å²) in [5.41, 5.74) is 5.90. The Morgan fingerprint density at radius 3 is 2.08 bits per heavy atom. The van der Waals surface area contributed by atoms with Crippen molar-refractivity contribution in [2.24, 2.45) is 17.6 Å². The van der Waals surface area contributed by atoms with Crippen molar-refractivity contribution in [2.45, 2.75) is 49.7 Å². The maximum absolute atomic E-state index is 10.2. The Kier molecular flexibility index (Phi) is 1.15. The van der Waals surface area contributed by atoms with Crippen molar-refractivity contribution in [3.05, 3.63) is 0 Å². The zero-order chi connectivity index (χ0) is 8.40. The van der Waals surface area contributed by atoms with Crippen molar-refractivity contribution < 1.29 is 5.11 Å². The van der Waals surface area contributed by atoms with E-state index in [1.165, 1.54) is 19.3 Å². The van der Waals surface area contributed by atoms with Crippen LogP contribution in [0.15, 0.2) is 0 Å². The maximum Gasteiger partial charge on any atom is 0.0670 e. The minimum Gasteiger partial charge on any atom is -0.390 e. The Bertz CT molecular complexity index is 192. The number of nitrogens with two attached hydrogens (primary N) is 1. The highest BCUT2D eigenvalue weighted by molar-refractivity contribution is 5.10. The summed E-state index contributed by atoms with van der Waals surface area (Å²) >= 11 is 0. The van der Waals surface area contributed by atoms with Gasteiger partial charge in [0.05, 0.1) is 5.60 Å². The summed E-state index contributed by atoms with van der Waals surface area (Å²) in [4.78, 5) is 0. The fourth-order valence-corrected chi connectivity index (χ4v) is 4.28. The van der Waals surface area contributed by atoms with E-state index in [2.05, 4.69) is 0 Å². The predicted molar refractivity (Wildman–Crippen MR) is 46.6 cm³/mol. The van der Waals surface area contributed by atoms with E-state index in [1.807, 2.05) is 0 Å². The lowest BCUT2D eigenvalue weighted by atomic mass is 9.51. The first-order chi connectivity index (χ1) is 5.57. The van der Waals surface area contributed by atoms with Gasteiger partial charge >= 0.3 is 0 Å². The largest absolute Gasteiger partial charge is 0.390 e. The summed E-state index contributed by atoms with van der Waals surface area (Å²) in [5.74, 6) is 1.47. The summed E-state index contributed by atoms with van der Waals surface area (Å²) in [6, 6.07) is 0. The van der Waals surface area contributed by atoms with E-state index >= 15 is 0 Å². The lowest BCUT2D eigenvalue weighted by Gasteiger charge is -2.58. The molecule has 0 amide bonds. The standard InChI is InChI=1S/C10H17NO/c11-9-2-7-1-8(3-9)5-10(12,4-7)6-9/h7-8,12H,1-6,11H2/t7-,8-,9?,10?/m0/s1. The van der Waals surface area contributed by atoms with Gasteiger partial charge in [0.25, 0.3) is 0 Å². The van der Waals surface area contributed by atoms with Gasteiger partial charge in [-0.2, -0.15) is 0 Å². The molecule has 2 atom stereocenters. The van der Waals surface area contributed by atoms with Crippen LogP contribution in [0.4, 0.5) is 0 Å². The molecule has 4 bridgehead atoms. The van der Waals surface area contributed by atoms with E-state index in [9.17, 15) is 5.11 Å². The molecule has 2 nitrogen and oxygen atoms in total. The molecule has 4 aliphatic carbocycles. The zero-order valence-electron chi connectivity index (χ0n) is 7.42. The van der Waals surface area contributed by atoms with E-state index < -0.39 is 0 Å². The van der Waals surface area contributed by atoms with Gasteiger partial charge in [-0.1, -0.05) is 0 Å². The van der Waals surface area contributed by atoms with Gasteiger partial charge in [0.2, 0.25) is 0 Å². The second kappa shape index (κ2) is 1.88. The predicted octanol–water partition coefficient (Wildman–Crippen LogP) is 1.03. The molecular formula is C10H17NO. The molecule has 68 valence electrons. The van der Waals surface area contributed by atoms with Crippen LogP contribution in [-0.4, -0.2) is 16.2 Å². The van der Waals surface area contributed by atoms with Crippen LogP contribution in [0.25, 0.3) is 0 Å². The first kappa shape index (κ1) is 7.34. The van der Waals surface area contributed by atoms with Gasteiger partial charge in [0, 0.05) is 5.54 Å². The number of hydrogen-bond acceptors (Lipinski definition) is 2. The Morgan fingerprint density at radius 1 is 1.08 bits per heavy atom. The molecule has 2 heteroatoms. The summed E-state index contributed by atoms with van der Waals surface area (Å²) < 4.78 is 0. The highest BCUT2D eigenvalue weighted by atomic mass is 16.3. The molecule has 4 aliphatic rings. The molecule has 0 radical (unpaired) electrons. The van der Waals surface area contributed by atoms with Crippen molar-refractivity contribution in [2.75, 3.05) is 0 Å². The maximum atomic E-state index is 10.2. The second-order valence-electron chi connectivity index (χ2n) is 5.55. The molecule has 4 rings (SSSR count). The fraction of sp³-hybridized carbons (Fsp3) is 1.00. The van der Waals surface area contributed by atoms with Gasteiger partial charge in [0.1, 0.15) is 0 Å². The Labute approximate surface area is 73.1 Å². The third-order valence-electron chi connectivity index (χ3n) is 4.08. The summed E-state index contributed by atoms with van der Waals surface area (Å²) in [5, 5.41) is 10.2. The molecule has 4 saturated carbocycles. The van der Waals surface area contributed by atoms with Crippen molar-refractivity contribution in [3.8, 4) is 0 Å². The van der Waals surface area contributed by atoms with Crippen LogP contribution in [0, 0.1) is 11.8 Å². The monoisotopic (exact) mass is 167 g/mol. The first-order valence-electron chi connectivity index (χ1n) is 5.08. The molecule has 3 N–H and O–H groups in total. The number of rotatable bonds is 0. The zero-order valence-corrected chi connectivity index (χ0v) is 7.42. The molecule has 0 aliphatic heterocycles. The van der Waals surface area contributed by atoms with Crippen molar-refractivity contribution in [3.63, 3.8) is 0 Å². The van der Waals surface area contributed by atoms with Crippen LogP contribution >= 0.6 is 0 Å². The van der Waals surface area contributed by atoms with Crippen LogP contribution in [0.3, 0.4) is 0 Å². The smallest absolute Gasteiger partial charge is 0.0670 e. The average Bonchev–Trinajstić information content (AvgIpc) is 1.75. The summed E-state index contributed by atoms with van der Waals surface area (Å²) in [6.07, 6.45) is 6.61. The highest BCUT2D eigenvalue weighted by Gasteiger charge is 2.55. The second-order valence-corrected chi connectivity index (χ2v) is 5.55. The molecule has 0 aromatic carbocycles. The normalized spacial score (nSPS) is 62.5. The summed E-state index contributed by atoms with van der Waals surface area (Å²) in [7, 11) is 0. The van der Waals surface area contributed by atoms with Gasteiger partial charge < -0.3 is 10.8 Å². The van der Waals surface area contributed by atoms with Gasteiger partial charge in [0.15, 0.2) is 0 Å². The first-order valence-corrected chi connectivity index (χ1v) is 5.08. The van der Waals surface area contributed by atoms with Crippen molar-refractivity contribution >= 4 is 0 Å². The van der Waals surface area contributed by atoms with Gasteiger partial charge in [-0.3, -0.25) is 0 Å². The molecule has 0 spiro atoms. The Hall–Kier alpha value is -0.0800. The van der Waals surface area contributed by atoms with Gasteiger partial charge in [-0.05, 0) is 50.4 Å². The van der Waals surface area contributed by atoms with E-state index in [4.69, 9.17) is 5.73 Å². The quantitative estimate of drug-likeness (QED) is 0.566. The number of hydrogen-bond donors (Lipinski definition) is 2. The van der Waals surface area contributed by atoms with E-state index in [1.54, 1.807) is 0 Å². The van der Waals surface area contributed by atoms with Crippen LogP contribution in [0.2, 0.25) is 0 Å². The molecule has 12 heavy (non-hydrogen) atoms. The average molecular weight is 167 g/mol. The van der Waals surface area contributed by atoms with Crippen molar-refractivity contribution in [1.82, 2.24) is 0 Å². The minimum absolute atomic E-state index is 0.0127. The third-order valence-corrected chi connectivity index (χ3v) is 4.08. The van der Waals surface area contributed by atoms with E-state index in [0.29, 0.717) is 0 Å². The van der Waals surface area contributed by atoms with Crippen LogP contribution in [0.1, 0.15) is 38.5 Å². The van der Waals surface area contributed by atoms with E-state index in [-0.39, 0.29) is 11.1 Å². The third kappa shape index (κ3) is 0.882. The van der Waals surface area contributed by atoms with Gasteiger partial charge in [-0.25, -0.2) is 0 Å². The van der Waals surface area contributed by atoms with Crippen LogP contribution < -0.4 is 5.73 Å². The summed E-state index contributed by atoms with van der Waals surface area (Å²) in [6.45, 7) is 0. The molecule has 4 fully saturated rings. The molecule has 0 heterocycles. The van der Waals surface area contributed by atoms with E-state index in [0.717, 1.165) is 31.1 Å². The topological polar surface area (TPSA) is 46.2 Å². The lowest BCUT2D eigenvalue weighted by Crippen LogP contribution is -2.62. The molecule has 0 aromatic rings. The Balaban J connectivity index is 1.98. The Morgan fingerprint density at radius 2 is 1.67 bits per heavy atom. The molecule has 0 saturated heterocycles. The SMILES string of the molecule is NC12C[C@@H]3C[C@@H](C1)CC(O)(C3)C2. The fourth-order valence-electron chi connectivity index (χ4n) is 4.28. The molecule has 0 aromatic heterocycles. The molecule has 0 unspecified atom stereocenters. The van der Waals surface area contributed by atoms with Crippen LogP contribution in [0.5, 0.6) is 0 Å².